The summed E-state index contributed by atoms with van der Waals surface area (Å²) in [4.78, 5) is 3.99. The van der Waals surface area contributed by atoms with Crippen molar-refractivity contribution in [1.29, 1.82) is 0 Å². The molecule has 2 heterocycles. The van der Waals surface area contributed by atoms with Gasteiger partial charge < -0.3 is 19.3 Å². The molecule has 0 radical (unpaired) electrons. The van der Waals surface area contributed by atoms with E-state index >= 15 is 0 Å². The van der Waals surface area contributed by atoms with E-state index < -0.39 is 5.41 Å². The molecule has 0 saturated carbocycles. The van der Waals surface area contributed by atoms with Gasteiger partial charge >= 0.3 is 0 Å². The maximum atomic E-state index is 10.9. The van der Waals surface area contributed by atoms with Gasteiger partial charge in [0, 0.05) is 6.42 Å². The predicted molar refractivity (Wildman–Crippen MR) is 87.4 cm³/mol. The average molecular weight is 331 g/mol. The minimum atomic E-state index is -0.619. The van der Waals surface area contributed by atoms with Crippen LogP contribution < -0.4 is 4.74 Å². The Balaban J connectivity index is 1.95. The topological polar surface area (TPSA) is 78.6 Å². The lowest BCUT2D eigenvalue weighted by molar-refractivity contribution is -0.155. The third-order valence-electron chi connectivity index (χ3n) is 4.08. The first kappa shape index (κ1) is 16.5. The predicted octanol–water partition coefficient (Wildman–Crippen LogP) is 2.27. The SMILES string of the molecule is COc1ccc(C/C(=C(\O)C2(C)COCOC2)n2cncn2)cc1. The van der Waals surface area contributed by atoms with Crippen LogP contribution in [0.4, 0.5) is 0 Å². The molecule has 128 valence electrons. The van der Waals surface area contributed by atoms with Crippen molar-refractivity contribution < 1.29 is 19.3 Å². The Morgan fingerprint density at radius 3 is 2.58 bits per heavy atom. The molecule has 0 bridgehead atoms. The summed E-state index contributed by atoms with van der Waals surface area (Å²) >= 11 is 0. The largest absolute Gasteiger partial charge is 0.510 e. The molecule has 0 aliphatic carbocycles. The Hall–Kier alpha value is -2.38. The van der Waals surface area contributed by atoms with Crippen molar-refractivity contribution in [1.82, 2.24) is 14.8 Å². The van der Waals surface area contributed by atoms with E-state index in [9.17, 15) is 5.11 Å². The number of aromatic nitrogens is 3. The highest BCUT2D eigenvalue weighted by atomic mass is 16.7. The molecule has 7 nitrogen and oxygen atoms in total. The lowest BCUT2D eigenvalue weighted by Gasteiger charge is -2.33. The van der Waals surface area contributed by atoms with Crippen molar-refractivity contribution in [3.05, 3.63) is 48.2 Å². The lowest BCUT2D eigenvalue weighted by atomic mass is 9.87. The van der Waals surface area contributed by atoms with Crippen molar-refractivity contribution in [2.75, 3.05) is 27.1 Å². The first-order valence-electron chi connectivity index (χ1n) is 7.68. The van der Waals surface area contributed by atoms with Crippen molar-refractivity contribution in [2.24, 2.45) is 5.41 Å². The highest BCUT2D eigenvalue weighted by molar-refractivity contribution is 5.53. The summed E-state index contributed by atoms with van der Waals surface area (Å²) < 4.78 is 17.5. The number of ether oxygens (including phenoxy) is 3. The standard InChI is InChI=1S/C17H21N3O4/c1-17(8-23-12-24-9-17)16(21)15(20-11-18-10-19-20)7-13-3-5-14(22-2)6-4-13/h3-6,10-11,21H,7-9,12H2,1-2H3/b16-15+. The Labute approximate surface area is 140 Å². The summed E-state index contributed by atoms with van der Waals surface area (Å²) in [6.45, 7) is 2.94. The van der Waals surface area contributed by atoms with E-state index in [1.165, 1.54) is 6.33 Å². The molecule has 1 N–H and O–H groups in total. The first-order valence-corrected chi connectivity index (χ1v) is 7.68. The van der Waals surface area contributed by atoms with Gasteiger partial charge in [-0.2, -0.15) is 5.10 Å². The second-order valence-corrected chi connectivity index (χ2v) is 6.04. The molecule has 0 spiro atoms. The van der Waals surface area contributed by atoms with Gasteiger partial charge in [0.1, 0.15) is 31.0 Å². The molecule has 1 saturated heterocycles. The van der Waals surface area contributed by atoms with Crippen LogP contribution in [-0.4, -0.2) is 47.0 Å². The molecule has 0 amide bonds. The fraction of sp³-hybridized carbons (Fsp3) is 0.412. The summed E-state index contributed by atoms with van der Waals surface area (Å²) in [5.41, 5.74) is 1.05. The Morgan fingerprint density at radius 2 is 2.00 bits per heavy atom. The number of aliphatic hydroxyl groups is 1. The van der Waals surface area contributed by atoms with Gasteiger partial charge in [0.15, 0.2) is 0 Å². The van der Waals surface area contributed by atoms with Crippen LogP contribution in [0.15, 0.2) is 42.7 Å². The highest BCUT2D eigenvalue weighted by Gasteiger charge is 2.36. The van der Waals surface area contributed by atoms with E-state index in [1.807, 2.05) is 31.2 Å². The summed E-state index contributed by atoms with van der Waals surface area (Å²) in [6, 6.07) is 7.69. The van der Waals surface area contributed by atoms with Gasteiger partial charge in [-0.25, -0.2) is 9.67 Å². The van der Waals surface area contributed by atoms with Crippen molar-refractivity contribution >= 4 is 5.70 Å². The van der Waals surface area contributed by atoms with Crippen LogP contribution in [0.3, 0.4) is 0 Å². The number of nitrogens with zero attached hydrogens (tertiary/aromatic N) is 3. The van der Waals surface area contributed by atoms with Crippen LogP contribution in [0.1, 0.15) is 12.5 Å². The number of benzene rings is 1. The van der Waals surface area contributed by atoms with Crippen LogP contribution in [-0.2, 0) is 15.9 Å². The van der Waals surface area contributed by atoms with E-state index in [2.05, 4.69) is 10.1 Å². The van der Waals surface area contributed by atoms with Crippen molar-refractivity contribution in [3.63, 3.8) is 0 Å². The summed E-state index contributed by atoms with van der Waals surface area (Å²) in [5.74, 6) is 0.985. The maximum absolute atomic E-state index is 10.9. The molecule has 2 aromatic rings. The molecule has 24 heavy (non-hydrogen) atoms. The number of hydrogen-bond donors (Lipinski definition) is 1. The molecule has 1 aliphatic rings. The highest BCUT2D eigenvalue weighted by Crippen LogP contribution is 2.33. The van der Waals surface area contributed by atoms with Gasteiger partial charge in [0.05, 0.1) is 31.4 Å². The first-order chi connectivity index (χ1) is 11.6. The lowest BCUT2D eigenvalue weighted by Crippen LogP contribution is -2.37. The Bertz CT molecular complexity index is 689. The van der Waals surface area contributed by atoms with Gasteiger partial charge in [-0.3, -0.25) is 0 Å². The number of methoxy groups -OCH3 is 1. The van der Waals surface area contributed by atoms with Gasteiger partial charge in [-0.05, 0) is 24.6 Å². The van der Waals surface area contributed by atoms with Crippen molar-refractivity contribution in [3.8, 4) is 5.75 Å². The summed E-state index contributed by atoms with van der Waals surface area (Å²) in [7, 11) is 1.63. The zero-order chi connectivity index (χ0) is 17.0. The zero-order valence-corrected chi connectivity index (χ0v) is 13.8. The molecular formula is C17H21N3O4. The van der Waals surface area contributed by atoms with E-state index in [0.717, 1.165) is 11.3 Å². The quantitative estimate of drug-likeness (QED) is 0.847. The van der Waals surface area contributed by atoms with Crippen LogP contribution in [0.2, 0.25) is 0 Å². The molecular weight excluding hydrogens is 310 g/mol. The molecule has 0 atom stereocenters. The number of rotatable bonds is 5. The third-order valence-corrected chi connectivity index (χ3v) is 4.08. The van der Waals surface area contributed by atoms with E-state index in [4.69, 9.17) is 14.2 Å². The number of aliphatic hydroxyl groups excluding tert-OH is 1. The smallest absolute Gasteiger partial charge is 0.146 e. The molecule has 1 fully saturated rings. The van der Waals surface area contributed by atoms with Gasteiger partial charge in [-0.15, -0.1) is 0 Å². The third kappa shape index (κ3) is 3.42. The number of hydrogen-bond acceptors (Lipinski definition) is 6. The van der Waals surface area contributed by atoms with E-state index in [-0.39, 0.29) is 12.6 Å². The molecule has 1 aliphatic heterocycles. The van der Waals surface area contributed by atoms with Crippen LogP contribution >= 0.6 is 0 Å². The average Bonchev–Trinajstić information content (AvgIpc) is 3.14. The summed E-state index contributed by atoms with van der Waals surface area (Å²) in [5, 5.41) is 15.1. The second-order valence-electron chi connectivity index (χ2n) is 6.04. The summed E-state index contributed by atoms with van der Waals surface area (Å²) in [6.07, 6.45) is 3.51. The van der Waals surface area contributed by atoms with Gasteiger partial charge in [0.25, 0.3) is 0 Å². The normalized spacial score (nSPS) is 18.1. The fourth-order valence-corrected chi connectivity index (χ4v) is 2.68. The minimum Gasteiger partial charge on any atom is -0.510 e. The van der Waals surface area contributed by atoms with Crippen molar-refractivity contribution in [2.45, 2.75) is 13.3 Å². The van der Waals surface area contributed by atoms with Gasteiger partial charge in [0.2, 0.25) is 0 Å². The van der Waals surface area contributed by atoms with Crippen LogP contribution in [0.5, 0.6) is 5.75 Å². The monoisotopic (exact) mass is 331 g/mol. The molecule has 1 aromatic carbocycles. The molecule has 3 rings (SSSR count). The minimum absolute atomic E-state index is 0.198. The van der Waals surface area contributed by atoms with E-state index in [0.29, 0.717) is 25.3 Å². The van der Waals surface area contributed by atoms with Crippen LogP contribution in [0.25, 0.3) is 5.70 Å². The maximum Gasteiger partial charge on any atom is 0.146 e. The Kier molecular flexibility index (Phi) is 4.82. The molecule has 7 heteroatoms. The molecule has 1 aromatic heterocycles. The van der Waals surface area contributed by atoms with Crippen LogP contribution in [0, 0.1) is 5.41 Å². The second kappa shape index (κ2) is 7.02. The zero-order valence-electron chi connectivity index (χ0n) is 13.8. The Morgan fingerprint density at radius 1 is 1.29 bits per heavy atom. The van der Waals surface area contributed by atoms with E-state index in [1.54, 1.807) is 18.1 Å². The van der Waals surface area contributed by atoms with Gasteiger partial charge in [-0.1, -0.05) is 12.1 Å². The molecule has 0 unspecified atom stereocenters. The number of allylic oxidation sites excluding steroid dienone is 1. The fourth-order valence-electron chi connectivity index (χ4n) is 2.68.